The third-order valence-electron chi connectivity index (χ3n) is 3.48. The molecule has 1 unspecified atom stereocenters. The average molecular weight is 442 g/mol. The standard InChI is InChI=1S/C17H38N4O.HI/c1-8-18-16(19-11-12-21(6)13-14-22-7)20-15(2)9-10-17(3,4)5;/h15H,8-14H2,1-7H3,(H2,18,19,20);1H. The maximum absolute atomic E-state index is 5.08. The van der Waals surface area contributed by atoms with Gasteiger partial charge in [-0.1, -0.05) is 20.8 Å². The summed E-state index contributed by atoms with van der Waals surface area (Å²) >= 11 is 0. The smallest absolute Gasteiger partial charge is 0.191 e. The van der Waals surface area contributed by atoms with Crippen LogP contribution in [0.15, 0.2) is 4.99 Å². The van der Waals surface area contributed by atoms with Crippen molar-refractivity contribution >= 4 is 29.9 Å². The molecule has 0 aliphatic heterocycles. The number of methoxy groups -OCH3 is 1. The van der Waals surface area contributed by atoms with E-state index in [4.69, 9.17) is 4.74 Å². The van der Waals surface area contributed by atoms with E-state index in [1.54, 1.807) is 7.11 Å². The lowest BCUT2D eigenvalue weighted by Gasteiger charge is -2.23. The zero-order chi connectivity index (χ0) is 17.0. The van der Waals surface area contributed by atoms with Crippen LogP contribution in [0.1, 0.15) is 47.5 Å². The van der Waals surface area contributed by atoms with Gasteiger partial charge in [-0.15, -0.1) is 24.0 Å². The summed E-state index contributed by atoms with van der Waals surface area (Å²) in [5.74, 6) is 0.920. The lowest BCUT2D eigenvalue weighted by molar-refractivity contribution is 0.163. The first-order valence-electron chi connectivity index (χ1n) is 8.50. The number of rotatable bonds is 10. The zero-order valence-electron chi connectivity index (χ0n) is 16.2. The number of halogens is 1. The summed E-state index contributed by atoms with van der Waals surface area (Å²) in [5, 5.41) is 6.83. The van der Waals surface area contributed by atoms with E-state index < -0.39 is 0 Å². The van der Waals surface area contributed by atoms with Crippen molar-refractivity contribution in [2.45, 2.75) is 53.5 Å². The molecule has 0 radical (unpaired) electrons. The minimum absolute atomic E-state index is 0. The molecule has 0 aliphatic rings. The topological polar surface area (TPSA) is 48.9 Å². The third kappa shape index (κ3) is 16.6. The van der Waals surface area contributed by atoms with Crippen LogP contribution in [0, 0.1) is 5.41 Å². The second kappa shape index (κ2) is 14.3. The molecule has 140 valence electrons. The Hall–Kier alpha value is -0.0800. The summed E-state index contributed by atoms with van der Waals surface area (Å²) < 4.78 is 5.08. The van der Waals surface area contributed by atoms with Crippen LogP contribution in [-0.4, -0.2) is 63.8 Å². The third-order valence-corrected chi connectivity index (χ3v) is 3.48. The van der Waals surface area contributed by atoms with Crippen molar-refractivity contribution in [1.29, 1.82) is 0 Å². The monoisotopic (exact) mass is 442 g/mol. The first kappa shape index (κ1) is 25.2. The van der Waals surface area contributed by atoms with Crippen LogP contribution >= 0.6 is 24.0 Å². The predicted octanol–water partition coefficient (Wildman–Crippen LogP) is 2.95. The number of ether oxygens (including phenoxy) is 1. The van der Waals surface area contributed by atoms with E-state index in [0.29, 0.717) is 11.5 Å². The molecular formula is C17H39IN4O. The molecule has 0 rings (SSSR count). The lowest BCUT2D eigenvalue weighted by Crippen LogP contribution is -2.43. The number of guanidine groups is 1. The molecule has 2 N–H and O–H groups in total. The van der Waals surface area contributed by atoms with Gasteiger partial charge in [-0.3, -0.25) is 4.99 Å². The van der Waals surface area contributed by atoms with E-state index >= 15 is 0 Å². The van der Waals surface area contributed by atoms with Crippen molar-refractivity contribution in [3.8, 4) is 0 Å². The van der Waals surface area contributed by atoms with Gasteiger partial charge in [-0.05, 0) is 39.2 Å². The second-order valence-electron chi connectivity index (χ2n) is 7.20. The molecule has 0 amide bonds. The Bertz CT molecular complexity index is 305. The van der Waals surface area contributed by atoms with Crippen molar-refractivity contribution in [2.24, 2.45) is 10.4 Å². The Morgan fingerprint density at radius 3 is 2.43 bits per heavy atom. The SMILES string of the molecule is CCNC(=NCCN(C)CCOC)NC(C)CCC(C)(C)C.I. The molecule has 0 heterocycles. The molecule has 0 saturated heterocycles. The largest absolute Gasteiger partial charge is 0.383 e. The van der Waals surface area contributed by atoms with Crippen LogP contribution in [0.3, 0.4) is 0 Å². The summed E-state index contributed by atoms with van der Waals surface area (Å²) in [4.78, 5) is 6.89. The van der Waals surface area contributed by atoms with Gasteiger partial charge in [-0.25, -0.2) is 0 Å². The molecule has 0 aromatic carbocycles. The Morgan fingerprint density at radius 1 is 1.26 bits per heavy atom. The second-order valence-corrected chi connectivity index (χ2v) is 7.20. The van der Waals surface area contributed by atoms with Crippen LogP contribution < -0.4 is 10.6 Å². The van der Waals surface area contributed by atoms with Crippen LogP contribution in [0.4, 0.5) is 0 Å². The molecule has 0 bridgehead atoms. The quantitative estimate of drug-likeness (QED) is 0.310. The van der Waals surface area contributed by atoms with Gasteiger partial charge in [0.05, 0.1) is 13.2 Å². The summed E-state index contributed by atoms with van der Waals surface area (Å²) in [5.41, 5.74) is 0.384. The summed E-state index contributed by atoms with van der Waals surface area (Å²) in [7, 11) is 3.83. The normalized spacial score (nSPS) is 13.7. The summed E-state index contributed by atoms with van der Waals surface area (Å²) in [6, 6.07) is 0.434. The molecule has 0 aromatic rings. The van der Waals surface area contributed by atoms with Crippen molar-refractivity contribution in [2.75, 3.05) is 46.9 Å². The van der Waals surface area contributed by atoms with Crippen molar-refractivity contribution in [1.82, 2.24) is 15.5 Å². The molecule has 0 aromatic heterocycles. The highest BCUT2D eigenvalue weighted by atomic mass is 127. The van der Waals surface area contributed by atoms with Gasteiger partial charge in [0, 0.05) is 32.8 Å². The molecule has 1 atom stereocenters. The fourth-order valence-corrected chi connectivity index (χ4v) is 1.97. The molecule has 0 fully saturated rings. The van der Waals surface area contributed by atoms with Crippen LogP contribution in [-0.2, 0) is 4.74 Å². The van der Waals surface area contributed by atoms with Crippen molar-refractivity contribution in [3.05, 3.63) is 0 Å². The van der Waals surface area contributed by atoms with Crippen molar-refractivity contribution < 1.29 is 4.74 Å². The Kier molecular flexibility index (Phi) is 15.6. The van der Waals surface area contributed by atoms with Gasteiger partial charge < -0.3 is 20.3 Å². The number of hydrogen-bond donors (Lipinski definition) is 2. The predicted molar refractivity (Wildman–Crippen MR) is 112 cm³/mol. The minimum atomic E-state index is 0. The number of hydrogen-bond acceptors (Lipinski definition) is 3. The van der Waals surface area contributed by atoms with Gasteiger partial charge in [0.1, 0.15) is 0 Å². The molecule has 6 heteroatoms. The molecule has 23 heavy (non-hydrogen) atoms. The number of aliphatic imine (C=N–C) groups is 1. The molecular weight excluding hydrogens is 403 g/mol. The summed E-state index contributed by atoms with van der Waals surface area (Å²) in [6.45, 7) is 15.5. The van der Waals surface area contributed by atoms with E-state index in [1.807, 2.05) is 0 Å². The van der Waals surface area contributed by atoms with E-state index in [9.17, 15) is 0 Å². The van der Waals surface area contributed by atoms with Crippen molar-refractivity contribution in [3.63, 3.8) is 0 Å². The zero-order valence-corrected chi connectivity index (χ0v) is 18.6. The Labute approximate surface area is 161 Å². The van der Waals surface area contributed by atoms with E-state index in [2.05, 4.69) is 62.2 Å². The van der Waals surface area contributed by atoms with Crippen LogP contribution in [0.2, 0.25) is 0 Å². The molecule has 0 spiro atoms. The maximum Gasteiger partial charge on any atom is 0.191 e. The van der Waals surface area contributed by atoms with Crippen LogP contribution in [0.5, 0.6) is 0 Å². The van der Waals surface area contributed by atoms with E-state index in [0.717, 1.165) is 45.2 Å². The van der Waals surface area contributed by atoms with Crippen LogP contribution in [0.25, 0.3) is 0 Å². The van der Waals surface area contributed by atoms with Gasteiger partial charge in [0.15, 0.2) is 5.96 Å². The number of nitrogens with one attached hydrogen (secondary N) is 2. The molecule has 5 nitrogen and oxygen atoms in total. The average Bonchev–Trinajstić information content (AvgIpc) is 2.42. The summed E-state index contributed by atoms with van der Waals surface area (Å²) in [6.07, 6.45) is 2.36. The fraction of sp³-hybridized carbons (Fsp3) is 0.941. The first-order valence-corrected chi connectivity index (χ1v) is 8.50. The maximum atomic E-state index is 5.08. The first-order chi connectivity index (χ1) is 10.3. The van der Waals surface area contributed by atoms with Gasteiger partial charge >= 0.3 is 0 Å². The van der Waals surface area contributed by atoms with Gasteiger partial charge in [0.2, 0.25) is 0 Å². The van der Waals surface area contributed by atoms with Gasteiger partial charge in [-0.2, -0.15) is 0 Å². The van der Waals surface area contributed by atoms with Gasteiger partial charge in [0.25, 0.3) is 0 Å². The number of nitrogens with zero attached hydrogens (tertiary/aromatic N) is 2. The fourth-order valence-electron chi connectivity index (χ4n) is 1.97. The molecule has 0 saturated carbocycles. The molecule has 0 aliphatic carbocycles. The highest BCUT2D eigenvalue weighted by Gasteiger charge is 2.13. The Morgan fingerprint density at radius 2 is 1.91 bits per heavy atom. The minimum Gasteiger partial charge on any atom is -0.383 e. The lowest BCUT2D eigenvalue weighted by atomic mass is 9.89. The highest BCUT2D eigenvalue weighted by molar-refractivity contribution is 14.0. The van der Waals surface area contributed by atoms with E-state index in [1.165, 1.54) is 6.42 Å². The highest BCUT2D eigenvalue weighted by Crippen LogP contribution is 2.21. The Balaban J connectivity index is 0. The van der Waals surface area contributed by atoms with E-state index in [-0.39, 0.29) is 24.0 Å². The number of likely N-dealkylation sites (N-methyl/N-ethyl adjacent to an activating group) is 1.